The molecular weight excluding hydrogens is 252 g/mol. The predicted octanol–water partition coefficient (Wildman–Crippen LogP) is 0.898. The lowest BCUT2D eigenvalue weighted by Gasteiger charge is -2.05. The molecule has 6 nitrogen and oxygen atoms in total. The van der Waals surface area contributed by atoms with Crippen LogP contribution in [0.25, 0.3) is 5.69 Å². The van der Waals surface area contributed by atoms with Gasteiger partial charge in [-0.1, -0.05) is 6.07 Å². The zero-order valence-electron chi connectivity index (χ0n) is 8.20. The van der Waals surface area contributed by atoms with Gasteiger partial charge in [0.25, 0.3) is 9.05 Å². The van der Waals surface area contributed by atoms with E-state index in [0.717, 1.165) is 5.56 Å². The lowest BCUT2D eigenvalue weighted by Crippen LogP contribution is -2.00. The third-order valence-corrected chi connectivity index (χ3v) is 3.41. The Hall–Kier alpha value is -1.47. The fourth-order valence-electron chi connectivity index (χ4n) is 1.26. The monoisotopic (exact) mass is 258 g/mol. The fourth-order valence-corrected chi connectivity index (χ4v) is 2.03. The van der Waals surface area contributed by atoms with Gasteiger partial charge in [0.15, 0.2) is 0 Å². The molecule has 1 aromatic carbocycles. The van der Waals surface area contributed by atoms with Crippen molar-refractivity contribution in [3.8, 4) is 5.69 Å². The lowest BCUT2D eigenvalue weighted by atomic mass is 10.2. The number of rotatable bonds is 2. The number of hydrogen-bond acceptors (Lipinski definition) is 5. The molecule has 0 aliphatic carbocycles. The van der Waals surface area contributed by atoms with Gasteiger partial charge in [-0.15, -0.1) is 5.10 Å². The van der Waals surface area contributed by atoms with Crippen molar-refractivity contribution in [2.75, 3.05) is 0 Å². The van der Waals surface area contributed by atoms with Crippen LogP contribution in [-0.2, 0) is 9.05 Å². The molecule has 0 N–H and O–H groups in total. The molecule has 0 atom stereocenters. The van der Waals surface area contributed by atoms with Gasteiger partial charge in [-0.25, -0.2) is 13.1 Å². The second-order valence-electron chi connectivity index (χ2n) is 3.14. The number of aryl methyl sites for hydroxylation is 1. The van der Waals surface area contributed by atoms with Crippen LogP contribution in [0.5, 0.6) is 0 Å². The molecule has 0 radical (unpaired) electrons. The van der Waals surface area contributed by atoms with E-state index in [1.165, 1.54) is 23.1 Å². The van der Waals surface area contributed by atoms with Gasteiger partial charge in [-0.05, 0) is 35.0 Å². The molecule has 84 valence electrons. The fraction of sp³-hybridized carbons (Fsp3) is 0.125. The molecule has 0 aliphatic heterocycles. The van der Waals surface area contributed by atoms with E-state index in [-0.39, 0.29) is 4.90 Å². The molecule has 2 aromatic rings. The van der Waals surface area contributed by atoms with Crippen molar-refractivity contribution in [2.45, 2.75) is 11.8 Å². The van der Waals surface area contributed by atoms with E-state index in [1.807, 2.05) is 6.92 Å². The smallest absolute Gasteiger partial charge is 0.207 e. The number of halogens is 1. The molecule has 0 saturated heterocycles. The van der Waals surface area contributed by atoms with E-state index in [9.17, 15) is 8.42 Å². The van der Waals surface area contributed by atoms with Crippen molar-refractivity contribution in [2.24, 2.45) is 0 Å². The van der Waals surface area contributed by atoms with Gasteiger partial charge in [0, 0.05) is 10.7 Å². The van der Waals surface area contributed by atoms with Crippen LogP contribution < -0.4 is 0 Å². The minimum absolute atomic E-state index is 0.0188. The summed E-state index contributed by atoms with van der Waals surface area (Å²) in [5.74, 6) is 0. The zero-order chi connectivity index (χ0) is 11.8. The van der Waals surface area contributed by atoms with Crippen LogP contribution in [-0.4, -0.2) is 28.6 Å². The van der Waals surface area contributed by atoms with E-state index in [0.29, 0.717) is 5.69 Å². The van der Waals surface area contributed by atoms with Crippen LogP contribution in [0.2, 0.25) is 0 Å². The maximum absolute atomic E-state index is 11.2. The SMILES string of the molecule is Cc1ccc(S(=O)(=O)Cl)cc1-n1cnnn1. The largest absolute Gasteiger partial charge is 0.261 e. The van der Waals surface area contributed by atoms with Crippen LogP contribution in [0.1, 0.15) is 5.56 Å². The molecule has 0 spiro atoms. The first kappa shape index (κ1) is 11.0. The van der Waals surface area contributed by atoms with Crippen LogP contribution in [0.3, 0.4) is 0 Å². The minimum atomic E-state index is -3.74. The number of hydrogen-bond donors (Lipinski definition) is 0. The van der Waals surface area contributed by atoms with E-state index < -0.39 is 9.05 Å². The highest BCUT2D eigenvalue weighted by Crippen LogP contribution is 2.20. The Bertz CT molecular complexity index is 609. The van der Waals surface area contributed by atoms with Gasteiger partial charge >= 0.3 is 0 Å². The number of nitrogens with zero attached hydrogens (tertiary/aromatic N) is 4. The van der Waals surface area contributed by atoms with Crippen molar-refractivity contribution in [1.82, 2.24) is 20.2 Å². The molecule has 2 rings (SSSR count). The number of tetrazole rings is 1. The molecule has 0 amide bonds. The van der Waals surface area contributed by atoms with Gasteiger partial charge in [0.1, 0.15) is 6.33 Å². The first-order valence-electron chi connectivity index (χ1n) is 4.27. The Kier molecular flexibility index (Phi) is 2.64. The summed E-state index contributed by atoms with van der Waals surface area (Å²) in [6.07, 6.45) is 1.38. The molecule has 0 bridgehead atoms. The highest BCUT2D eigenvalue weighted by Gasteiger charge is 2.13. The number of aromatic nitrogens is 4. The van der Waals surface area contributed by atoms with E-state index in [1.54, 1.807) is 6.07 Å². The second kappa shape index (κ2) is 3.84. The minimum Gasteiger partial charge on any atom is -0.207 e. The highest BCUT2D eigenvalue weighted by atomic mass is 35.7. The average molecular weight is 259 g/mol. The molecule has 0 fully saturated rings. The summed E-state index contributed by atoms with van der Waals surface area (Å²) in [6, 6.07) is 4.51. The molecule has 16 heavy (non-hydrogen) atoms. The van der Waals surface area contributed by atoms with E-state index >= 15 is 0 Å². The Morgan fingerprint density at radius 3 is 2.69 bits per heavy atom. The quantitative estimate of drug-likeness (QED) is 0.748. The summed E-state index contributed by atoms with van der Waals surface area (Å²) < 4.78 is 23.7. The summed E-state index contributed by atoms with van der Waals surface area (Å²) in [5, 5.41) is 10.7. The Morgan fingerprint density at radius 1 is 1.38 bits per heavy atom. The Balaban J connectivity index is 2.63. The Morgan fingerprint density at radius 2 is 2.12 bits per heavy atom. The molecule has 0 aliphatic rings. The van der Waals surface area contributed by atoms with Crippen LogP contribution in [0.15, 0.2) is 29.4 Å². The zero-order valence-corrected chi connectivity index (χ0v) is 9.77. The van der Waals surface area contributed by atoms with Crippen molar-refractivity contribution in [3.05, 3.63) is 30.1 Å². The summed E-state index contributed by atoms with van der Waals surface area (Å²) in [6.45, 7) is 1.82. The normalized spacial score (nSPS) is 11.6. The molecule has 0 unspecified atom stereocenters. The number of benzene rings is 1. The van der Waals surface area contributed by atoms with Crippen LogP contribution in [0.4, 0.5) is 0 Å². The molecule has 8 heteroatoms. The Labute approximate surface area is 96.3 Å². The molecular formula is C8H7ClN4O2S. The molecule has 1 aromatic heterocycles. The summed E-state index contributed by atoms with van der Waals surface area (Å²) >= 11 is 0. The van der Waals surface area contributed by atoms with Gasteiger partial charge in [-0.3, -0.25) is 0 Å². The third-order valence-electron chi connectivity index (χ3n) is 2.06. The van der Waals surface area contributed by atoms with E-state index in [4.69, 9.17) is 10.7 Å². The van der Waals surface area contributed by atoms with Gasteiger partial charge in [0.2, 0.25) is 0 Å². The first-order valence-corrected chi connectivity index (χ1v) is 6.58. The summed E-state index contributed by atoms with van der Waals surface area (Å²) in [4.78, 5) is 0.0188. The summed E-state index contributed by atoms with van der Waals surface area (Å²) in [5.41, 5.74) is 1.42. The summed E-state index contributed by atoms with van der Waals surface area (Å²) in [7, 11) is 1.51. The van der Waals surface area contributed by atoms with Crippen molar-refractivity contribution in [3.63, 3.8) is 0 Å². The predicted molar refractivity (Wildman–Crippen MR) is 56.9 cm³/mol. The maximum atomic E-state index is 11.2. The highest BCUT2D eigenvalue weighted by molar-refractivity contribution is 8.13. The van der Waals surface area contributed by atoms with Crippen molar-refractivity contribution >= 4 is 19.7 Å². The van der Waals surface area contributed by atoms with E-state index in [2.05, 4.69) is 15.5 Å². The third kappa shape index (κ3) is 2.05. The second-order valence-corrected chi connectivity index (χ2v) is 5.71. The van der Waals surface area contributed by atoms with Crippen molar-refractivity contribution in [1.29, 1.82) is 0 Å². The first-order chi connectivity index (χ1) is 7.48. The van der Waals surface area contributed by atoms with Crippen LogP contribution >= 0.6 is 10.7 Å². The lowest BCUT2D eigenvalue weighted by molar-refractivity contribution is 0.609. The maximum Gasteiger partial charge on any atom is 0.261 e. The standard InChI is InChI=1S/C8H7ClN4O2S/c1-6-2-3-7(16(9,14)15)4-8(6)13-5-10-11-12-13/h2-5H,1H3. The molecule has 0 saturated carbocycles. The van der Waals surface area contributed by atoms with Gasteiger partial charge < -0.3 is 0 Å². The average Bonchev–Trinajstić information content (AvgIpc) is 2.69. The van der Waals surface area contributed by atoms with Gasteiger partial charge in [0.05, 0.1) is 10.6 Å². The topological polar surface area (TPSA) is 77.7 Å². The van der Waals surface area contributed by atoms with Crippen molar-refractivity contribution < 1.29 is 8.42 Å². The van der Waals surface area contributed by atoms with Crippen LogP contribution in [0, 0.1) is 6.92 Å². The van der Waals surface area contributed by atoms with Gasteiger partial charge in [-0.2, -0.15) is 0 Å². The molecule has 1 heterocycles.